The van der Waals surface area contributed by atoms with Crippen molar-refractivity contribution < 1.29 is 9.50 Å². The number of nitrogens with one attached hydrogen (secondary N) is 1. The first-order valence-electron chi connectivity index (χ1n) is 5.73. The Morgan fingerprint density at radius 3 is 2.76 bits per heavy atom. The Bertz CT molecular complexity index is 726. The molecule has 0 bridgehead atoms. The molecule has 1 aromatic carbocycles. The molecule has 0 aliphatic heterocycles. The number of aromatic nitrogens is 2. The summed E-state index contributed by atoms with van der Waals surface area (Å²) in [5, 5.41) is 22.1. The number of hydrogen-bond acceptors (Lipinski definition) is 8. The summed E-state index contributed by atoms with van der Waals surface area (Å²) in [5.74, 6) is 4.50. The molecule has 6 N–H and O–H groups in total. The Morgan fingerprint density at radius 2 is 2.19 bits per heavy atom. The molecule has 1 heterocycles. The second-order valence-electron chi connectivity index (χ2n) is 4.16. The molecule has 0 radical (unpaired) electrons. The highest BCUT2D eigenvalue weighted by Crippen LogP contribution is 2.31. The highest BCUT2D eigenvalue weighted by Gasteiger charge is 2.13. The minimum absolute atomic E-state index is 0.00390. The Morgan fingerprint density at radius 1 is 1.48 bits per heavy atom. The van der Waals surface area contributed by atoms with E-state index in [9.17, 15) is 9.50 Å². The van der Waals surface area contributed by atoms with Gasteiger partial charge in [0.15, 0.2) is 5.82 Å². The van der Waals surface area contributed by atoms with Crippen LogP contribution < -0.4 is 21.9 Å². The van der Waals surface area contributed by atoms with Gasteiger partial charge in [0, 0.05) is 13.1 Å². The van der Waals surface area contributed by atoms with Crippen LogP contribution in [0.15, 0.2) is 18.3 Å². The SMILES string of the molecule is CN(N)c1cc(Nc2ncc(C#N)c(N)n2)c(F)cc1O. The van der Waals surface area contributed by atoms with Crippen molar-refractivity contribution in [2.24, 2.45) is 5.84 Å². The van der Waals surface area contributed by atoms with Crippen LogP contribution in [0.5, 0.6) is 5.75 Å². The van der Waals surface area contributed by atoms with Crippen LogP contribution in [0, 0.1) is 17.1 Å². The minimum Gasteiger partial charge on any atom is -0.506 e. The summed E-state index contributed by atoms with van der Waals surface area (Å²) in [6, 6.07) is 4.03. The first-order chi connectivity index (χ1) is 9.92. The predicted molar refractivity (Wildman–Crippen MR) is 75.1 cm³/mol. The zero-order valence-electron chi connectivity index (χ0n) is 11.0. The summed E-state index contributed by atoms with van der Waals surface area (Å²) in [4.78, 5) is 7.68. The van der Waals surface area contributed by atoms with Crippen molar-refractivity contribution in [2.75, 3.05) is 23.1 Å². The largest absolute Gasteiger partial charge is 0.506 e. The third-order valence-corrected chi connectivity index (χ3v) is 2.63. The van der Waals surface area contributed by atoms with Crippen LogP contribution in [-0.2, 0) is 0 Å². The highest BCUT2D eigenvalue weighted by atomic mass is 19.1. The minimum atomic E-state index is -0.718. The van der Waals surface area contributed by atoms with Crippen LogP contribution in [-0.4, -0.2) is 22.1 Å². The Kier molecular flexibility index (Phi) is 3.73. The van der Waals surface area contributed by atoms with Gasteiger partial charge in [0.2, 0.25) is 5.95 Å². The van der Waals surface area contributed by atoms with E-state index in [0.29, 0.717) is 0 Å². The Hall–Kier alpha value is -3.12. The average Bonchev–Trinajstić information content (AvgIpc) is 2.41. The Labute approximate surface area is 119 Å². The molecule has 108 valence electrons. The van der Waals surface area contributed by atoms with Gasteiger partial charge in [0.1, 0.15) is 23.2 Å². The van der Waals surface area contributed by atoms with Gasteiger partial charge in [-0.25, -0.2) is 15.2 Å². The Balaban J connectivity index is 2.38. The van der Waals surface area contributed by atoms with Crippen molar-refractivity contribution in [3.63, 3.8) is 0 Å². The van der Waals surface area contributed by atoms with Crippen molar-refractivity contribution in [2.45, 2.75) is 0 Å². The number of anilines is 4. The molecule has 1 aromatic heterocycles. The lowest BCUT2D eigenvalue weighted by Gasteiger charge is -2.16. The maximum Gasteiger partial charge on any atom is 0.229 e. The second-order valence-corrected chi connectivity index (χ2v) is 4.16. The number of nitrogens with zero attached hydrogens (tertiary/aromatic N) is 4. The third kappa shape index (κ3) is 2.90. The number of nitriles is 1. The molecule has 0 saturated heterocycles. The normalized spacial score (nSPS) is 10.0. The fourth-order valence-corrected chi connectivity index (χ4v) is 1.59. The molecule has 0 spiro atoms. The first-order valence-corrected chi connectivity index (χ1v) is 5.73. The summed E-state index contributed by atoms with van der Waals surface area (Å²) in [6.45, 7) is 0. The van der Waals surface area contributed by atoms with E-state index in [0.717, 1.165) is 11.1 Å². The predicted octanol–water partition coefficient (Wildman–Crippen LogP) is 0.829. The maximum atomic E-state index is 13.8. The standard InChI is InChI=1S/C12H12FN7O/c1-20(16)9-3-8(7(13)2-10(9)21)18-12-17-5-6(4-14)11(15)19-12/h2-3,5,21H,16H2,1H3,(H3,15,17,18,19). The highest BCUT2D eigenvalue weighted by molar-refractivity contribution is 5.68. The van der Waals surface area contributed by atoms with Crippen LogP contribution in [0.25, 0.3) is 0 Å². The zero-order valence-corrected chi connectivity index (χ0v) is 11.0. The number of halogens is 1. The number of hydrogen-bond donors (Lipinski definition) is 4. The molecule has 0 unspecified atom stereocenters. The number of nitrogen functional groups attached to an aromatic ring is 1. The molecule has 0 atom stereocenters. The third-order valence-electron chi connectivity index (χ3n) is 2.63. The summed E-state index contributed by atoms with van der Waals surface area (Å²) in [6.07, 6.45) is 1.22. The van der Waals surface area contributed by atoms with E-state index in [4.69, 9.17) is 16.8 Å². The summed E-state index contributed by atoms with van der Waals surface area (Å²) >= 11 is 0. The van der Waals surface area contributed by atoms with Crippen LogP contribution in [0.3, 0.4) is 0 Å². The number of nitrogens with two attached hydrogens (primary N) is 2. The van der Waals surface area contributed by atoms with E-state index in [1.807, 2.05) is 6.07 Å². The number of hydrazine groups is 1. The van der Waals surface area contributed by atoms with Gasteiger partial charge < -0.3 is 21.2 Å². The number of phenols is 1. The lowest BCUT2D eigenvalue weighted by molar-refractivity contribution is 0.469. The van der Waals surface area contributed by atoms with Gasteiger partial charge >= 0.3 is 0 Å². The van der Waals surface area contributed by atoms with Crippen molar-refractivity contribution in [1.29, 1.82) is 5.26 Å². The summed E-state index contributed by atoms with van der Waals surface area (Å²) in [5.41, 5.74) is 5.88. The van der Waals surface area contributed by atoms with Crippen LogP contribution in [0.2, 0.25) is 0 Å². The van der Waals surface area contributed by atoms with Crippen molar-refractivity contribution >= 4 is 23.1 Å². The van der Waals surface area contributed by atoms with Crippen molar-refractivity contribution in [3.05, 3.63) is 29.7 Å². The van der Waals surface area contributed by atoms with E-state index < -0.39 is 5.82 Å². The molecule has 2 aromatic rings. The number of rotatable bonds is 3. The fourth-order valence-electron chi connectivity index (χ4n) is 1.59. The average molecular weight is 289 g/mol. The lowest BCUT2D eigenvalue weighted by atomic mass is 10.2. The van der Waals surface area contributed by atoms with Crippen LogP contribution in [0.1, 0.15) is 5.56 Å². The van der Waals surface area contributed by atoms with Gasteiger partial charge in [0.25, 0.3) is 0 Å². The molecule has 21 heavy (non-hydrogen) atoms. The molecule has 0 saturated carbocycles. The van der Waals surface area contributed by atoms with Gasteiger partial charge in [-0.05, 0) is 6.07 Å². The number of aromatic hydroxyl groups is 1. The maximum absolute atomic E-state index is 13.8. The molecular weight excluding hydrogens is 277 g/mol. The van der Waals surface area contributed by atoms with Gasteiger partial charge in [-0.1, -0.05) is 0 Å². The monoisotopic (exact) mass is 289 g/mol. The molecule has 0 fully saturated rings. The van der Waals surface area contributed by atoms with E-state index >= 15 is 0 Å². The van der Waals surface area contributed by atoms with Gasteiger partial charge in [-0.2, -0.15) is 10.2 Å². The molecule has 9 heteroatoms. The summed E-state index contributed by atoms with van der Waals surface area (Å²) in [7, 11) is 1.49. The van der Waals surface area contributed by atoms with Crippen LogP contribution in [0.4, 0.5) is 27.5 Å². The molecule has 8 nitrogen and oxygen atoms in total. The number of benzene rings is 1. The lowest BCUT2D eigenvalue weighted by Crippen LogP contribution is -2.25. The zero-order chi connectivity index (χ0) is 15.6. The smallest absolute Gasteiger partial charge is 0.229 e. The van der Waals surface area contributed by atoms with E-state index in [1.54, 1.807) is 0 Å². The quantitative estimate of drug-likeness (QED) is 0.370. The second kappa shape index (κ2) is 5.48. The van der Waals surface area contributed by atoms with E-state index in [1.165, 1.54) is 19.3 Å². The number of phenolic OH excluding ortho intramolecular Hbond substituents is 1. The molecule has 0 aliphatic rings. The topological polar surface area (TPSA) is 137 Å². The van der Waals surface area contributed by atoms with Gasteiger partial charge in [0.05, 0.1) is 17.6 Å². The molecule has 0 aliphatic carbocycles. The summed E-state index contributed by atoms with van der Waals surface area (Å²) < 4.78 is 13.8. The van der Waals surface area contributed by atoms with E-state index in [-0.39, 0.29) is 34.5 Å². The van der Waals surface area contributed by atoms with Crippen molar-refractivity contribution in [3.8, 4) is 11.8 Å². The van der Waals surface area contributed by atoms with Crippen molar-refractivity contribution in [1.82, 2.24) is 9.97 Å². The van der Waals surface area contributed by atoms with E-state index in [2.05, 4.69) is 15.3 Å². The van der Waals surface area contributed by atoms with Gasteiger partial charge in [-0.3, -0.25) is 0 Å². The molecule has 0 amide bonds. The first kappa shape index (κ1) is 14.3. The van der Waals surface area contributed by atoms with Crippen LogP contribution >= 0.6 is 0 Å². The molecular formula is C12H12FN7O. The fraction of sp³-hybridized carbons (Fsp3) is 0.0833. The van der Waals surface area contributed by atoms with Gasteiger partial charge in [-0.15, -0.1) is 0 Å². The molecule has 2 rings (SSSR count).